The summed E-state index contributed by atoms with van der Waals surface area (Å²) in [6.45, 7) is 4.45. The lowest BCUT2D eigenvalue weighted by atomic mass is 9.96. The summed E-state index contributed by atoms with van der Waals surface area (Å²) in [5.41, 5.74) is 8.33. The first-order valence-corrected chi connectivity index (χ1v) is 10.5. The summed E-state index contributed by atoms with van der Waals surface area (Å²) in [7, 11) is 0. The van der Waals surface area contributed by atoms with Crippen molar-refractivity contribution in [3.63, 3.8) is 0 Å². The summed E-state index contributed by atoms with van der Waals surface area (Å²) in [5.74, 6) is -0.727. The van der Waals surface area contributed by atoms with E-state index >= 15 is 0 Å². The molecule has 0 unspecified atom stereocenters. The molecule has 3 N–H and O–H groups in total. The molecule has 2 heterocycles. The molecule has 3 aromatic rings. The molecule has 2 aromatic carbocycles. The Bertz CT molecular complexity index is 1100. The molecule has 1 aliphatic rings. The van der Waals surface area contributed by atoms with Crippen molar-refractivity contribution in [1.29, 1.82) is 0 Å². The number of piperidine rings is 1. The molecule has 162 valence electrons. The Labute approximate surface area is 180 Å². The summed E-state index contributed by atoms with van der Waals surface area (Å²) in [6.07, 6.45) is 2.55. The number of anilines is 1. The Balaban J connectivity index is 1.33. The van der Waals surface area contributed by atoms with E-state index in [2.05, 4.69) is 10.2 Å². The number of benzene rings is 2. The fourth-order valence-electron chi connectivity index (χ4n) is 4.08. The Hall–Kier alpha value is -3.19. The minimum Gasteiger partial charge on any atom is -0.451 e. The largest absolute Gasteiger partial charge is 0.451 e. The van der Waals surface area contributed by atoms with Crippen LogP contribution in [0.15, 0.2) is 46.9 Å². The number of primary amides is 1. The van der Waals surface area contributed by atoms with Crippen LogP contribution in [-0.4, -0.2) is 36.3 Å². The normalized spacial score (nSPS) is 15.3. The van der Waals surface area contributed by atoms with Gasteiger partial charge in [-0.05, 0) is 75.2 Å². The first-order chi connectivity index (χ1) is 14.9. The Kier molecular flexibility index (Phi) is 6.04. The fourth-order valence-corrected chi connectivity index (χ4v) is 4.08. The fraction of sp³-hybridized carbons (Fsp3) is 0.333. The van der Waals surface area contributed by atoms with E-state index in [0.29, 0.717) is 22.2 Å². The van der Waals surface area contributed by atoms with E-state index in [1.165, 1.54) is 23.8 Å². The van der Waals surface area contributed by atoms with Gasteiger partial charge in [0.1, 0.15) is 11.4 Å². The average Bonchev–Trinajstić information content (AvgIpc) is 3.09. The molecule has 4 rings (SSSR count). The van der Waals surface area contributed by atoms with Crippen molar-refractivity contribution < 1.29 is 18.4 Å². The highest BCUT2D eigenvalue weighted by Gasteiger charge is 2.22. The molecule has 6 nitrogen and oxygen atoms in total. The third kappa shape index (κ3) is 4.77. The van der Waals surface area contributed by atoms with Gasteiger partial charge in [0.05, 0.1) is 0 Å². The van der Waals surface area contributed by atoms with Crippen LogP contribution in [0.3, 0.4) is 0 Å². The van der Waals surface area contributed by atoms with Crippen LogP contribution in [0.4, 0.5) is 10.1 Å². The molecular formula is C24H26FN3O3. The molecule has 0 saturated carbocycles. The van der Waals surface area contributed by atoms with Crippen molar-refractivity contribution >= 4 is 28.5 Å². The number of nitrogens with one attached hydrogen (secondary N) is 1. The van der Waals surface area contributed by atoms with Crippen LogP contribution in [-0.2, 0) is 11.2 Å². The number of rotatable bonds is 6. The van der Waals surface area contributed by atoms with Gasteiger partial charge in [0.15, 0.2) is 5.76 Å². The summed E-state index contributed by atoms with van der Waals surface area (Å²) in [4.78, 5) is 26.3. The zero-order chi connectivity index (χ0) is 22.0. The predicted molar refractivity (Wildman–Crippen MR) is 117 cm³/mol. The highest BCUT2D eigenvalue weighted by molar-refractivity contribution is 6.06. The molecule has 0 spiro atoms. The summed E-state index contributed by atoms with van der Waals surface area (Å²) in [6, 6.07) is 11.9. The Morgan fingerprint density at radius 1 is 1.16 bits per heavy atom. The second kappa shape index (κ2) is 8.89. The predicted octanol–water partition coefficient (Wildman–Crippen LogP) is 3.87. The molecule has 0 radical (unpaired) electrons. The van der Waals surface area contributed by atoms with Crippen molar-refractivity contribution in [2.24, 2.45) is 11.7 Å². The van der Waals surface area contributed by atoms with E-state index in [1.54, 1.807) is 6.92 Å². The maximum Gasteiger partial charge on any atom is 0.291 e. The number of likely N-dealkylation sites (tertiary alicyclic amines) is 1. The van der Waals surface area contributed by atoms with Crippen LogP contribution in [0, 0.1) is 18.7 Å². The number of aryl methyl sites for hydroxylation is 1. The van der Waals surface area contributed by atoms with E-state index in [0.717, 1.165) is 38.9 Å². The molecule has 1 saturated heterocycles. The second-order valence-corrected chi connectivity index (χ2v) is 8.12. The number of furan rings is 1. The number of carbonyl (C=O) groups excluding carboxylic acids is 2. The van der Waals surface area contributed by atoms with Crippen LogP contribution in [0.2, 0.25) is 0 Å². The standard InChI is InChI=1S/C24H26FN3O3/c1-15-20-14-18(25)4-7-21(20)31-22(15)24(30)27-19-5-2-16(3-6-19)8-11-28-12-9-17(10-13-28)23(26)29/h2-7,14,17H,8-13H2,1H3,(H2,26,29)(H,27,30). The van der Waals surface area contributed by atoms with Gasteiger partial charge in [-0.1, -0.05) is 12.1 Å². The van der Waals surface area contributed by atoms with Gasteiger partial charge in [0.2, 0.25) is 5.91 Å². The quantitative estimate of drug-likeness (QED) is 0.630. The molecule has 2 amide bonds. The third-order valence-corrected chi connectivity index (χ3v) is 6.02. The minimum atomic E-state index is -0.365. The number of hydrogen-bond acceptors (Lipinski definition) is 4. The number of hydrogen-bond donors (Lipinski definition) is 2. The summed E-state index contributed by atoms with van der Waals surface area (Å²) in [5, 5.41) is 3.44. The number of halogens is 1. The van der Waals surface area contributed by atoms with Gasteiger partial charge in [-0.25, -0.2) is 4.39 Å². The van der Waals surface area contributed by atoms with E-state index < -0.39 is 0 Å². The van der Waals surface area contributed by atoms with Gasteiger partial charge < -0.3 is 20.4 Å². The first kappa shape index (κ1) is 21.1. The second-order valence-electron chi connectivity index (χ2n) is 8.12. The van der Waals surface area contributed by atoms with Crippen LogP contribution >= 0.6 is 0 Å². The molecule has 31 heavy (non-hydrogen) atoms. The van der Waals surface area contributed by atoms with E-state index in [4.69, 9.17) is 10.2 Å². The third-order valence-electron chi connectivity index (χ3n) is 6.02. The van der Waals surface area contributed by atoms with E-state index in [9.17, 15) is 14.0 Å². The molecule has 0 atom stereocenters. The van der Waals surface area contributed by atoms with Gasteiger partial charge in [0, 0.05) is 29.1 Å². The zero-order valence-corrected chi connectivity index (χ0v) is 17.5. The van der Waals surface area contributed by atoms with Crippen molar-refractivity contribution in [3.05, 3.63) is 65.2 Å². The van der Waals surface area contributed by atoms with Crippen LogP contribution in [0.25, 0.3) is 11.0 Å². The monoisotopic (exact) mass is 423 g/mol. The lowest BCUT2D eigenvalue weighted by Gasteiger charge is -2.30. The summed E-state index contributed by atoms with van der Waals surface area (Å²) >= 11 is 0. The van der Waals surface area contributed by atoms with Crippen LogP contribution in [0.1, 0.15) is 34.5 Å². The van der Waals surface area contributed by atoms with Crippen LogP contribution in [0.5, 0.6) is 0 Å². The van der Waals surface area contributed by atoms with Crippen molar-refractivity contribution in [2.45, 2.75) is 26.2 Å². The van der Waals surface area contributed by atoms with Gasteiger partial charge in [-0.3, -0.25) is 9.59 Å². The first-order valence-electron chi connectivity index (χ1n) is 10.5. The SMILES string of the molecule is Cc1c(C(=O)Nc2ccc(CCN3CCC(C(N)=O)CC3)cc2)oc2ccc(F)cc12. The molecular weight excluding hydrogens is 397 g/mol. The molecule has 1 aromatic heterocycles. The Morgan fingerprint density at radius 2 is 1.87 bits per heavy atom. The smallest absolute Gasteiger partial charge is 0.291 e. The zero-order valence-electron chi connectivity index (χ0n) is 17.5. The number of amides is 2. The van der Waals surface area contributed by atoms with Crippen LogP contribution < -0.4 is 11.1 Å². The molecule has 7 heteroatoms. The van der Waals surface area contributed by atoms with Gasteiger partial charge in [-0.2, -0.15) is 0 Å². The summed E-state index contributed by atoms with van der Waals surface area (Å²) < 4.78 is 19.1. The van der Waals surface area contributed by atoms with E-state index in [-0.39, 0.29) is 29.3 Å². The number of fused-ring (bicyclic) bond motifs is 1. The Morgan fingerprint density at radius 3 is 2.55 bits per heavy atom. The molecule has 1 fully saturated rings. The van der Waals surface area contributed by atoms with Crippen molar-refractivity contribution in [1.82, 2.24) is 4.90 Å². The maximum absolute atomic E-state index is 13.5. The minimum absolute atomic E-state index is 0.00793. The van der Waals surface area contributed by atoms with Gasteiger partial charge in [-0.15, -0.1) is 0 Å². The average molecular weight is 423 g/mol. The van der Waals surface area contributed by atoms with E-state index in [1.807, 2.05) is 24.3 Å². The molecule has 1 aliphatic heterocycles. The van der Waals surface area contributed by atoms with Crippen molar-refractivity contribution in [3.8, 4) is 0 Å². The molecule has 0 aliphatic carbocycles. The van der Waals surface area contributed by atoms with Crippen molar-refractivity contribution in [2.75, 3.05) is 25.0 Å². The highest BCUT2D eigenvalue weighted by atomic mass is 19.1. The lowest BCUT2D eigenvalue weighted by Crippen LogP contribution is -2.39. The maximum atomic E-state index is 13.5. The van der Waals surface area contributed by atoms with Gasteiger partial charge in [0.25, 0.3) is 5.91 Å². The highest BCUT2D eigenvalue weighted by Crippen LogP contribution is 2.27. The molecule has 0 bridgehead atoms. The number of nitrogens with two attached hydrogens (primary N) is 1. The number of carbonyl (C=O) groups is 2. The lowest BCUT2D eigenvalue weighted by molar-refractivity contribution is -0.123. The number of nitrogens with zero attached hydrogens (tertiary/aromatic N) is 1. The topological polar surface area (TPSA) is 88.6 Å². The van der Waals surface area contributed by atoms with Gasteiger partial charge >= 0.3 is 0 Å².